The fourth-order valence-electron chi connectivity index (χ4n) is 7.87. The third-order valence-corrected chi connectivity index (χ3v) is 8.81. The molecule has 6 nitrogen and oxygen atoms in total. The standard InChI is InChI=1S/C23H26N2O4/c1-27-16-8-14-15(9-17(16)28-2)25-20(26)10-18-21-13-7-19-23(14,22(21)25)4-5-24(19)11-12(13)3-6-29-18/h3,8-9,13,18-19,21-22H,4-7,10-11H2,1-2H3/t13-,18+,19-,21-,22+,23+/m1/s1. The summed E-state index contributed by atoms with van der Waals surface area (Å²) in [5.74, 6) is 2.57. The quantitative estimate of drug-likeness (QED) is 0.719. The van der Waals surface area contributed by atoms with E-state index in [4.69, 9.17) is 14.2 Å². The van der Waals surface area contributed by atoms with E-state index in [0.717, 1.165) is 30.9 Å². The SMILES string of the molecule is COc1cc2c(cc1OC)[C@]13CCN4CC5=CCO[C@H]6CC(=O)N2[C@H]1[C@@H]6[C@@H]5C[C@@H]43. The van der Waals surface area contributed by atoms with Gasteiger partial charge in [0.2, 0.25) is 5.91 Å². The van der Waals surface area contributed by atoms with Crippen molar-refractivity contribution in [3.63, 3.8) is 0 Å². The van der Waals surface area contributed by atoms with E-state index in [1.165, 1.54) is 12.0 Å². The molecule has 0 N–H and O–H groups in total. The van der Waals surface area contributed by atoms with Gasteiger partial charge in [0.15, 0.2) is 11.5 Å². The largest absolute Gasteiger partial charge is 0.493 e. The lowest BCUT2D eigenvalue weighted by Crippen LogP contribution is -2.69. The summed E-state index contributed by atoms with van der Waals surface area (Å²) < 4.78 is 17.6. The van der Waals surface area contributed by atoms with E-state index in [1.807, 2.05) is 6.07 Å². The molecule has 5 aliphatic heterocycles. The van der Waals surface area contributed by atoms with Crippen molar-refractivity contribution in [2.45, 2.75) is 42.9 Å². The van der Waals surface area contributed by atoms with Gasteiger partial charge in [-0.15, -0.1) is 0 Å². The van der Waals surface area contributed by atoms with Gasteiger partial charge in [0, 0.05) is 30.0 Å². The minimum absolute atomic E-state index is 0.0242. The third kappa shape index (κ3) is 1.76. The van der Waals surface area contributed by atoms with Crippen LogP contribution in [0.3, 0.4) is 0 Å². The number of anilines is 1. The molecule has 4 fully saturated rings. The maximum absolute atomic E-state index is 13.5. The number of amides is 1. The molecule has 6 aliphatic rings. The number of methoxy groups -OCH3 is 2. The molecule has 1 aromatic rings. The van der Waals surface area contributed by atoms with E-state index in [1.54, 1.807) is 19.8 Å². The van der Waals surface area contributed by atoms with Gasteiger partial charge >= 0.3 is 0 Å². The molecule has 1 amide bonds. The highest BCUT2D eigenvalue weighted by Gasteiger charge is 2.71. The predicted octanol–water partition coefficient (Wildman–Crippen LogP) is 2.11. The molecule has 1 aliphatic carbocycles. The summed E-state index contributed by atoms with van der Waals surface area (Å²) in [6.07, 6.45) is 5.11. The normalized spacial score (nSPS) is 41.0. The lowest BCUT2D eigenvalue weighted by molar-refractivity contribution is -0.132. The number of carbonyl (C=O) groups excluding carboxylic acids is 1. The monoisotopic (exact) mass is 394 g/mol. The lowest BCUT2D eigenvalue weighted by Gasteiger charge is -2.58. The topological polar surface area (TPSA) is 51.2 Å². The second kappa shape index (κ2) is 5.35. The Hall–Kier alpha value is -2.05. The van der Waals surface area contributed by atoms with Gasteiger partial charge in [-0.2, -0.15) is 0 Å². The van der Waals surface area contributed by atoms with E-state index in [0.29, 0.717) is 36.7 Å². The third-order valence-electron chi connectivity index (χ3n) is 8.81. The van der Waals surface area contributed by atoms with E-state index < -0.39 is 0 Å². The molecule has 3 saturated heterocycles. The first-order valence-electron chi connectivity index (χ1n) is 10.8. The highest BCUT2D eigenvalue weighted by atomic mass is 16.5. The fourth-order valence-corrected chi connectivity index (χ4v) is 7.87. The van der Waals surface area contributed by atoms with E-state index in [-0.39, 0.29) is 23.5 Å². The van der Waals surface area contributed by atoms with Crippen LogP contribution in [0, 0.1) is 11.8 Å². The molecular weight excluding hydrogens is 368 g/mol. The van der Waals surface area contributed by atoms with Crippen molar-refractivity contribution in [3.05, 3.63) is 29.3 Å². The van der Waals surface area contributed by atoms with Crippen LogP contribution in [-0.4, -0.2) is 62.9 Å². The average Bonchev–Trinajstić information content (AvgIpc) is 3.20. The van der Waals surface area contributed by atoms with Crippen LogP contribution in [0.2, 0.25) is 0 Å². The molecule has 1 aromatic carbocycles. The van der Waals surface area contributed by atoms with Crippen LogP contribution in [0.25, 0.3) is 0 Å². The van der Waals surface area contributed by atoms with Crippen LogP contribution in [-0.2, 0) is 14.9 Å². The Morgan fingerprint density at radius 2 is 2.03 bits per heavy atom. The van der Waals surface area contributed by atoms with Gasteiger partial charge in [-0.25, -0.2) is 0 Å². The zero-order valence-electron chi connectivity index (χ0n) is 16.9. The lowest BCUT2D eigenvalue weighted by atomic mass is 9.53. The highest BCUT2D eigenvalue weighted by molar-refractivity contribution is 5.99. The highest BCUT2D eigenvalue weighted by Crippen LogP contribution is 2.66. The molecule has 152 valence electrons. The number of hydrogen-bond donors (Lipinski definition) is 0. The second-order valence-electron chi connectivity index (χ2n) is 9.48. The molecule has 2 bridgehead atoms. The van der Waals surface area contributed by atoms with Crippen molar-refractivity contribution in [2.75, 3.05) is 38.8 Å². The Morgan fingerprint density at radius 1 is 1.21 bits per heavy atom. The van der Waals surface area contributed by atoms with Crippen molar-refractivity contribution in [3.8, 4) is 11.5 Å². The van der Waals surface area contributed by atoms with E-state index in [9.17, 15) is 4.79 Å². The van der Waals surface area contributed by atoms with Crippen LogP contribution in [0.1, 0.15) is 24.8 Å². The Balaban J connectivity index is 1.52. The number of benzene rings is 1. The van der Waals surface area contributed by atoms with Gasteiger partial charge in [0.1, 0.15) is 0 Å². The number of carbonyl (C=O) groups is 1. The molecular formula is C23H26N2O4. The second-order valence-corrected chi connectivity index (χ2v) is 9.48. The first-order valence-corrected chi connectivity index (χ1v) is 10.8. The molecule has 7 rings (SSSR count). The Bertz CT molecular complexity index is 974. The molecule has 0 aromatic heterocycles. The minimum atomic E-state index is -0.0242. The summed E-state index contributed by atoms with van der Waals surface area (Å²) >= 11 is 0. The number of fused-ring (bicyclic) bond motifs is 2. The summed E-state index contributed by atoms with van der Waals surface area (Å²) in [6.45, 7) is 2.80. The number of ether oxygens (including phenoxy) is 3. The summed E-state index contributed by atoms with van der Waals surface area (Å²) in [6, 6.07) is 4.87. The minimum Gasteiger partial charge on any atom is -0.493 e. The van der Waals surface area contributed by atoms with Crippen LogP contribution < -0.4 is 14.4 Å². The van der Waals surface area contributed by atoms with Crippen molar-refractivity contribution >= 4 is 11.6 Å². The Kier molecular flexibility index (Phi) is 3.08. The van der Waals surface area contributed by atoms with Gasteiger partial charge in [-0.05, 0) is 36.9 Å². The van der Waals surface area contributed by atoms with Crippen LogP contribution in [0.15, 0.2) is 23.8 Å². The van der Waals surface area contributed by atoms with Crippen molar-refractivity contribution in [1.29, 1.82) is 0 Å². The van der Waals surface area contributed by atoms with Gasteiger partial charge in [-0.3, -0.25) is 9.69 Å². The first kappa shape index (κ1) is 16.7. The summed E-state index contributed by atoms with van der Waals surface area (Å²) in [5, 5.41) is 0. The molecule has 6 heteroatoms. The molecule has 5 heterocycles. The van der Waals surface area contributed by atoms with Crippen LogP contribution in [0.5, 0.6) is 11.5 Å². The number of rotatable bonds is 2. The smallest absolute Gasteiger partial charge is 0.229 e. The predicted molar refractivity (Wildman–Crippen MR) is 107 cm³/mol. The maximum Gasteiger partial charge on any atom is 0.229 e. The molecule has 1 spiro atoms. The van der Waals surface area contributed by atoms with Gasteiger partial charge in [0.25, 0.3) is 0 Å². The van der Waals surface area contributed by atoms with Gasteiger partial charge in [0.05, 0.1) is 45.1 Å². The van der Waals surface area contributed by atoms with Crippen LogP contribution >= 0.6 is 0 Å². The van der Waals surface area contributed by atoms with Crippen molar-refractivity contribution in [2.24, 2.45) is 11.8 Å². The Labute approximate surface area is 170 Å². The molecule has 0 radical (unpaired) electrons. The molecule has 29 heavy (non-hydrogen) atoms. The summed E-state index contributed by atoms with van der Waals surface area (Å²) in [7, 11) is 3.36. The Morgan fingerprint density at radius 3 is 2.86 bits per heavy atom. The number of piperidine rings is 2. The summed E-state index contributed by atoms with van der Waals surface area (Å²) in [4.78, 5) is 18.3. The zero-order chi connectivity index (χ0) is 19.5. The molecule has 1 saturated carbocycles. The fraction of sp³-hybridized carbons (Fsp3) is 0.609. The van der Waals surface area contributed by atoms with Gasteiger partial charge in [-0.1, -0.05) is 11.6 Å². The summed E-state index contributed by atoms with van der Waals surface area (Å²) in [5.41, 5.74) is 3.85. The maximum atomic E-state index is 13.5. The van der Waals surface area contributed by atoms with E-state index >= 15 is 0 Å². The van der Waals surface area contributed by atoms with Crippen LogP contribution in [0.4, 0.5) is 5.69 Å². The number of hydrogen-bond acceptors (Lipinski definition) is 5. The first-order chi connectivity index (χ1) is 14.2. The molecule has 6 atom stereocenters. The van der Waals surface area contributed by atoms with Crippen molar-refractivity contribution in [1.82, 2.24) is 4.90 Å². The van der Waals surface area contributed by atoms with E-state index in [2.05, 4.69) is 21.9 Å². The van der Waals surface area contributed by atoms with Crippen molar-refractivity contribution < 1.29 is 19.0 Å². The zero-order valence-corrected chi connectivity index (χ0v) is 16.9. The number of nitrogens with zero attached hydrogens (tertiary/aromatic N) is 2. The van der Waals surface area contributed by atoms with Gasteiger partial charge < -0.3 is 19.1 Å². The molecule has 0 unspecified atom stereocenters. The average molecular weight is 394 g/mol.